The Kier molecular flexibility index (Phi) is 2.75. The number of benzene rings is 1. The van der Waals surface area contributed by atoms with Gasteiger partial charge in [0.15, 0.2) is 0 Å². The monoisotopic (exact) mass is 218 g/mol. The summed E-state index contributed by atoms with van der Waals surface area (Å²) in [7, 11) is 2.03. The fraction of sp³-hybridized carbons (Fsp3) is 0.333. The van der Waals surface area contributed by atoms with E-state index in [1.165, 1.54) is 0 Å². The average Bonchev–Trinajstić information content (AvgIpc) is 2.38. The number of nitrogens with zero attached hydrogens (tertiary/aromatic N) is 2. The van der Waals surface area contributed by atoms with E-state index in [0.717, 1.165) is 36.2 Å². The average molecular weight is 218 g/mol. The second-order valence-electron chi connectivity index (χ2n) is 4.19. The van der Waals surface area contributed by atoms with Crippen molar-refractivity contribution in [3.63, 3.8) is 0 Å². The van der Waals surface area contributed by atoms with Crippen LogP contribution in [0.2, 0.25) is 0 Å². The predicted octanol–water partition coefficient (Wildman–Crippen LogP) is 2.10. The summed E-state index contributed by atoms with van der Waals surface area (Å²) in [6, 6.07) is 5.05. The van der Waals surface area contributed by atoms with E-state index in [1.54, 1.807) is 12.1 Å². The number of hydrogen-bond donors (Lipinski definition) is 0. The minimum absolute atomic E-state index is 0.143. The molecule has 0 N–H and O–H groups in total. The maximum Gasteiger partial charge on any atom is 0.270 e. The van der Waals surface area contributed by atoms with Gasteiger partial charge in [0.05, 0.1) is 4.92 Å². The molecule has 0 amide bonds. The Morgan fingerprint density at radius 3 is 2.94 bits per heavy atom. The van der Waals surface area contributed by atoms with E-state index < -0.39 is 0 Å². The van der Waals surface area contributed by atoms with E-state index in [2.05, 4.69) is 11.5 Å². The maximum absolute atomic E-state index is 10.7. The summed E-state index contributed by atoms with van der Waals surface area (Å²) in [5.74, 6) is 0. The number of rotatable bonds is 1. The number of nitro benzene ring substituents is 1. The number of non-ortho nitro benzene ring substituents is 1. The molecule has 0 aliphatic carbocycles. The number of fused-ring (bicyclic) bond motifs is 1. The molecule has 1 aliphatic heterocycles. The molecule has 1 aromatic carbocycles. The van der Waals surface area contributed by atoms with Gasteiger partial charge >= 0.3 is 0 Å². The topological polar surface area (TPSA) is 46.4 Å². The van der Waals surface area contributed by atoms with Gasteiger partial charge in [-0.05, 0) is 30.2 Å². The zero-order valence-electron chi connectivity index (χ0n) is 9.27. The van der Waals surface area contributed by atoms with Crippen LogP contribution in [0.4, 0.5) is 5.69 Å². The first-order valence-corrected chi connectivity index (χ1v) is 5.22. The maximum atomic E-state index is 10.7. The van der Waals surface area contributed by atoms with Crippen LogP contribution < -0.4 is 0 Å². The van der Waals surface area contributed by atoms with E-state index in [4.69, 9.17) is 0 Å². The molecule has 4 heteroatoms. The first-order valence-electron chi connectivity index (χ1n) is 5.22. The van der Waals surface area contributed by atoms with Crippen molar-refractivity contribution in [2.45, 2.75) is 6.42 Å². The molecule has 0 saturated carbocycles. The molecule has 1 aromatic rings. The lowest BCUT2D eigenvalue weighted by Gasteiger charge is -2.12. The van der Waals surface area contributed by atoms with Gasteiger partial charge in [0.2, 0.25) is 0 Å². The molecule has 1 heterocycles. The van der Waals surface area contributed by atoms with Crippen molar-refractivity contribution in [1.29, 1.82) is 0 Å². The Balaban J connectivity index is 2.45. The van der Waals surface area contributed by atoms with Gasteiger partial charge in [0.1, 0.15) is 0 Å². The van der Waals surface area contributed by atoms with Gasteiger partial charge in [-0.15, -0.1) is 0 Å². The number of likely N-dealkylation sites (N-methyl/N-ethyl adjacent to an activating group) is 1. The van der Waals surface area contributed by atoms with Crippen molar-refractivity contribution in [2.75, 3.05) is 20.1 Å². The third-order valence-corrected chi connectivity index (χ3v) is 2.91. The first-order chi connectivity index (χ1) is 7.58. The highest BCUT2D eigenvalue weighted by Gasteiger charge is 2.17. The molecule has 1 aliphatic rings. The Morgan fingerprint density at radius 1 is 1.50 bits per heavy atom. The molecule has 4 nitrogen and oxygen atoms in total. The van der Waals surface area contributed by atoms with Gasteiger partial charge < -0.3 is 4.90 Å². The molecular weight excluding hydrogens is 204 g/mol. The van der Waals surface area contributed by atoms with Crippen LogP contribution in [-0.4, -0.2) is 30.0 Å². The molecule has 0 aromatic heterocycles. The molecule has 0 bridgehead atoms. The van der Waals surface area contributed by atoms with E-state index in [-0.39, 0.29) is 10.6 Å². The van der Waals surface area contributed by atoms with Gasteiger partial charge in [-0.1, -0.05) is 12.6 Å². The smallest absolute Gasteiger partial charge is 0.270 e. The SMILES string of the molecule is C=C1CN(C)CCc2ccc([N+](=O)[O-])cc21. The molecule has 2 rings (SSSR count). The van der Waals surface area contributed by atoms with Crippen molar-refractivity contribution >= 4 is 11.3 Å². The van der Waals surface area contributed by atoms with E-state index in [9.17, 15) is 10.1 Å². The second kappa shape index (κ2) is 4.06. The van der Waals surface area contributed by atoms with E-state index in [0.29, 0.717) is 0 Å². The zero-order valence-corrected chi connectivity index (χ0v) is 9.27. The van der Waals surface area contributed by atoms with Gasteiger partial charge in [0.25, 0.3) is 5.69 Å². The summed E-state index contributed by atoms with van der Waals surface area (Å²) < 4.78 is 0. The molecular formula is C12H14N2O2. The molecule has 16 heavy (non-hydrogen) atoms. The number of hydrogen-bond acceptors (Lipinski definition) is 3. The minimum Gasteiger partial charge on any atom is -0.302 e. The Morgan fingerprint density at radius 2 is 2.25 bits per heavy atom. The summed E-state index contributed by atoms with van der Waals surface area (Å²) in [4.78, 5) is 12.5. The standard InChI is InChI=1S/C12H14N2O2/c1-9-8-13(2)6-5-10-3-4-11(14(15)16)7-12(9)10/h3-4,7H,1,5-6,8H2,2H3. The lowest BCUT2D eigenvalue weighted by Crippen LogP contribution is -2.20. The zero-order chi connectivity index (χ0) is 11.7. The quantitative estimate of drug-likeness (QED) is 0.535. The van der Waals surface area contributed by atoms with Crippen molar-refractivity contribution in [2.24, 2.45) is 0 Å². The third-order valence-electron chi connectivity index (χ3n) is 2.91. The van der Waals surface area contributed by atoms with Crippen LogP contribution in [0.1, 0.15) is 11.1 Å². The predicted molar refractivity (Wildman–Crippen MR) is 63.3 cm³/mol. The van der Waals surface area contributed by atoms with Crippen LogP contribution in [-0.2, 0) is 6.42 Å². The first kappa shape index (κ1) is 10.8. The summed E-state index contributed by atoms with van der Waals surface area (Å²) in [6.07, 6.45) is 0.919. The van der Waals surface area contributed by atoms with Crippen LogP contribution >= 0.6 is 0 Å². The van der Waals surface area contributed by atoms with E-state index >= 15 is 0 Å². The number of nitro groups is 1. The molecule has 0 radical (unpaired) electrons. The van der Waals surface area contributed by atoms with E-state index in [1.807, 2.05) is 13.1 Å². The summed E-state index contributed by atoms with van der Waals surface area (Å²) in [6.45, 7) is 5.74. The highest BCUT2D eigenvalue weighted by Crippen LogP contribution is 2.26. The molecule has 0 fully saturated rings. The summed E-state index contributed by atoms with van der Waals surface area (Å²) in [5, 5.41) is 10.7. The Bertz CT molecular complexity index is 454. The van der Waals surface area contributed by atoms with Gasteiger partial charge in [-0.25, -0.2) is 0 Å². The lowest BCUT2D eigenvalue weighted by molar-refractivity contribution is -0.384. The molecule has 0 spiro atoms. The molecule has 0 saturated heterocycles. The van der Waals surface area contributed by atoms with Crippen LogP contribution in [0, 0.1) is 10.1 Å². The van der Waals surface area contributed by atoms with Crippen LogP contribution in [0.25, 0.3) is 5.57 Å². The third kappa shape index (κ3) is 1.97. The van der Waals surface area contributed by atoms with Crippen molar-refractivity contribution in [3.8, 4) is 0 Å². The van der Waals surface area contributed by atoms with Crippen molar-refractivity contribution in [3.05, 3.63) is 46.0 Å². The van der Waals surface area contributed by atoms with Crippen molar-refractivity contribution in [1.82, 2.24) is 4.90 Å². The Labute approximate surface area is 94.3 Å². The highest BCUT2D eigenvalue weighted by molar-refractivity contribution is 5.70. The van der Waals surface area contributed by atoms with Gasteiger partial charge in [0, 0.05) is 25.2 Å². The largest absolute Gasteiger partial charge is 0.302 e. The van der Waals surface area contributed by atoms with Crippen LogP contribution in [0.15, 0.2) is 24.8 Å². The Hall–Kier alpha value is -1.68. The fourth-order valence-corrected chi connectivity index (χ4v) is 2.03. The van der Waals surface area contributed by atoms with Gasteiger partial charge in [-0.2, -0.15) is 0 Å². The highest BCUT2D eigenvalue weighted by atomic mass is 16.6. The van der Waals surface area contributed by atoms with Crippen LogP contribution in [0.3, 0.4) is 0 Å². The minimum atomic E-state index is -0.359. The molecule has 0 atom stereocenters. The lowest BCUT2D eigenvalue weighted by atomic mass is 9.99. The van der Waals surface area contributed by atoms with Crippen molar-refractivity contribution < 1.29 is 4.92 Å². The summed E-state index contributed by atoms with van der Waals surface area (Å²) >= 11 is 0. The molecule has 0 unspecified atom stereocenters. The van der Waals surface area contributed by atoms with Crippen LogP contribution in [0.5, 0.6) is 0 Å². The molecule has 84 valence electrons. The second-order valence-corrected chi connectivity index (χ2v) is 4.19. The van der Waals surface area contributed by atoms with Gasteiger partial charge in [-0.3, -0.25) is 10.1 Å². The summed E-state index contributed by atoms with van der Waals surface area (Å²) in [5.41, 5.74) is 3.20. The fourth-order valence-electron chi connectivity index (χ4n) is 2.03. The normalized spacial score (nSPS) is 16.7.